The standard InChI is InChI=1S/C37H48N6O6/c1-26(44)40(3)43-32-12-9-8-11-31(32)38-37(43)42-19-10-18-41(21-22-42)20-17-28(27-13-15-30(46-4)16-14-27)25-39(2)36(45)29-23-33(47-5)35(49-7)34(24-29)48-6/h8-9,11-16,23-24,28H,10,17-22,25H2,1-7H3. The molecule has 1 atom stereocenters. The van der Waals surface area contributed by atoms with Crippen molar-refractivity contribution in [2.24, 2.45) is 0 Å². The molecule has 2 amide bonds. The van der Waals surface area contributed by atoms with E-state index in [1.807, 2.05) is 48.1 Å². The molecule has 2 heterocycles. The molecule has 1 aliphatic heterocycles. The van der Waals surface area contributed by atoms with Gasteiger partial charge in [0.25, 0.3) is 5.91 Å². The van der Waals surface area contributed by atoms with Crippen LogP contribution in [0.25, 0.3) is 11.0 Å². The van der Waals surface area contributed by atoms with E-state index in [1.165, 1.54) is 14.2 Å². The Bertz CT molecular complexity index is 1720. The first-order chi connectivity index (χ1) is 23.7. The predicted octanol–water partition coefficient (Wildman–Crippen LogP) is 4.64. The van der Waals surface area contributed by atoms with E-state index in [0.717, 1.165) is 73.9 Å². The van der Waals surface area contributed by atoms with Crippen LogP contribution in [0.3, 0.4) is 0 Å². The maximum Gasteiger partial charge on any atom is 0.253 e. The van der Waals surface area contributed by atoms with Gasteiger partial charge in [-0.2, -0.15) is 0 Å². The van der Waals surface area contributed by atoms with Crippen LogP contribution in [0.1, 0.15) is 41.6 Å². The highest BCUT2D eigenvalue weighted by Gasteiger charge is 2.26. The number of amides is 2. The number of ether oxygens (including phenoxy) is 4. The second-order valence-corrected chi connectivity index (χ2v) is 12.3. The number of nitrogens with zero attached hydrogens (tertiary/aromatic N) is 6. The lowest BCUT2D eigenvalue weighted by molar-refractivity contribution is -0.117. The van der Waals surface area contributed by atoms with E-state index in [1.54, 1.807) is 50.2 Å². The quantitative estimate of drug-likeness (QED) is 0.201. The highest BCUT2D eigenvalue weighted by molar-refractivity contribution is 5.95. The summed E-state index contributed by atoms with van der Waals surface area (Å²) >= 11 is 0. The number of aromatic nitrogens is 2. The maximum absolute atomic E-state index is 13.8. The van der Waals surface area contributed by atoms with Gasteiger partial charge in [0.15, 0.2) is 11.5 Å². The van der Waals surface area contributed by atoms with E-state index >= 15 is 0 Å². The lowest BCUT2D eigenvalue weighted by Gasteiger charge is -2.28. The molecular weight excluding hydrogens is 624 g/mol. The average molecular weight is 673 g/mol. The van der Waals surface area contributed by atoms with Gasteiger partial charge in [-0.15, -0.1) is 0 Å². The van der Waals surface area contributed by atoms with E-state index < -0.39 is 0 Å². The van der Waals surface area contributed by atoms with Crippen LogP contribution >= 0.6 is 0 Å². The Labute approximate surface area is 288 Å². The molecule has 1 unspecified atom stereocenters. The molecule has 4 aromatic rings. The van der Waals surface area contributed by atoms with E-state index in [-0.39, 0.29) is 17.7 Å². The molecule has 0 aliphatic carbocycles. The zero-order chi connectivity index (χ0) is 35.1. The molecule has 1 aliphatic rings. The molecule has 1 aromatic heterocycles. The first-order valence-corrected chi connectivity index (χ1v) is 16.6. The second-order valence-electron chi connectivity index (χ2n) is 12.3. The predicted molar refractivity (Wildman–Crippen MR) is 191 cm³/mol. The number of carbonyl (C=O) groups excluding carboxylic acids is 2. The highest BCUT2D eigenvalue weighted by Crippen LogP contribution is 2.38. The van der Waals surface area contributed by atoms with Gasteiger partial charge < -0.3 is 33.6 Å². The van der Waals surface area contributed by atoms with Crippen molar-refractivity contribution < 1.29 is 28.5 Å². The first kappa shape index (κ1) is 35.3. The molecule has 49 heavy (non-hydrogen) atoms. The van der Waals surface area contributed by atoms with E-state index in [9.17, 15) is 9.59 Å². The van der Waals surface area contributed by atoms with Crippen LogP contribution in [-0.2, 0) is 4.79 Å². The summed E-state index contributed by atoms with van der Waals surface area (Å²) < 4.78 is 23.8. The van der Waals surface area contributed by atoms with Gasteiger partial charge in [0.1, 0.15) is 5.75 Å². The maximum atomic E-state index is 13.8. The minimum absolute atomic E-state index is 0.0564. The number of methoxy groups -OCH3 is 4. The first-order valence-electron chi connectivity index (χ1n) is 16.6. The van der Waals surface area contributed by atoms with Crippen LogP contribution in [0, 0.1) is 0 Å². The minimum atomic E-state index is -0.137. The van der Waals surface area contributed by atoms with Crippen molar-refractivity contribution >= 4 is 28.8 Å². The smallest absolute Gasteiger partial charge is 0.253 e. The van der Waals surface area contributed by atoms with Gasteiger partial charge >= 0.3 is 0 Å². The summed E-state index contributed by atoms with van der Waals surface area (Å²) in [5.41, 5.74) is 3.37. The number of rotatable bonds is 13. The Morgan fingerprint density at radius 3 is 2.18 bits per heavy atom. The molecule has 0 bridgehead atoms. The fourth-order valence-electron chi connectivity index (χ4n) is 6.45. The number of hydrogen-bond donors (Lipinski definition) is 0. The number of benzene rings is 3. The van der Waals surface area contributed by atoms with Gasteiger partial charge in [-0.25, -0.2) is 14.7 Å². The van der Waals surface area contributed by atoms with Crippen molar-refractivity contribution in [1.82, 2.24) is 19.5 Å². The van der Waals surface area contributed by atoms with Gasteiger partial charge in [-0.3, -0.25) is 9.59 Å². The molecule has 1 fully saturated rings. The summed E-state index contributed by atoms with van der Waals surface area (Å²) in [5.74, 6) is 2.77. The summed E-state index contributed by atoms with van der Waals surface area (Å²) in [6.45, 7) is 6.35. The van der Waals surface area contributed by atoms with E-state index in [0.29, 0.717) is 29.4 Å². The lowest BCUT2D eigenvalue weighted by Crippen LogP contribution is -2.39. The van der Waals surface area contributed by atoms with Gasteiger partial charge in [0, 0.05) is 58.7 Å². The molecule has 1 saturated heterocycles. The third-order valence-electron chi connectivity index (χ3n) is 9.28. The number of carbonyl (C=O) groups is 2. The van der Waals surface area contributed by atoms with Crippen LogP contribution < -0.4 is 28.9 Å². The van der Waals surface area contributed by atoms with Crippen LogP contribution in [0.15, 0.2) is 60.7 Å². The summed E-state index contributed by atoms with van der Waals surface area (Å²) in [4.78, 5) is 37.7. The average Bonchev–Trinajstić information content (AvgIpc) is 3.35. The largest absolute Gasteiger partial charge is 0.497 e. The number of hydrogen-bond acceptors (Lipinski definition) is 9. The Balaban J connectivity index is 1.31. The Kier molecular flexibility index (Phi) is 11.5. The number of para-hydroxylation sites is 2. The van der Waals surface area contributed by atoms with Crippen molar-refractivity contribution in [3.8, 4) is 23.0 Å². The molecule has 262 valence electrons. The summed E-state index contributed by atoms with van der Waals surface area (Å²) in [7, 11) is 9.89. The summed E-state index contributed by atoms with van der Waals surface area (Å²) in [6.07, 6.45) is 1.81. The second kappa shape index (κ2) is 16.0. The van der Waals surface area contributed by atoms with Crippen molar-refractivity contribution in [3.63, 3.8) is 0 Å². The summed E-state index contributed by atoms with van der Waals surface area (Å²) in [5, 5.41) is 1.63. The number of imidazole rings is 1. The number of fused-ring (bicyclic) bond motifs is 1. The van der Waals surface area contributed by atoms with Crippen LogP contribution in [0.5, 0.6) is 23.0 Å². The third kappa shape index (κ3) is 7.86. The molecule has 0 saturated carbocycles. The molecule has 0 N–H and O–H groups in total. The van der Waals surface area contributed by atoms with Crippen LogP contribution in [0.2, 0.25) is 0 Å². The molecule has 12 heteroatoms. The van der Waals surface area contributed by atoms with Crippen molar-refractivity contribution in [1.29, 1.82) is 0 Å². The SMILES string of the molecule is COc1ccc(C(CCN2CCCN(c3nc4ccccc4n3N(C)C(C)=O)CC2)CN(C)C(=O)c2cc(OC)c(OC)c(OC)c2)cc1. The van der Waals surface area contributed by atoms with Crippen LogP contribution in [-0.4, -0.2) is 113 Å². The van der Waals surface area contributed by atoms with E-state index in [2.05, 4.69) is 21.9 Å². The molecule has 5 rings (SSSR count). The molecule has 0 spiro atoms. The molecule has 3 aromatic carbocycles. The van der Waals surface area contributed by atoms with Gasteiger partial charge in [0.05, 0.1) is 39.5 Å². The van der Waals surface area contributed by atoms with Gasteiger partial charge in [-0.1, -0.05) is 24.3 Å². The zero-order valence-electron chi connectivity index (χ0n) is 29.6. The zero-order valence-corrected chi connectivity index (χ0v) is 29.6. The Morgan fingerprint density at radius 2 is 1.55 bits per heavy atom. The molecule has 12 nitrogen and oxygen atoms in total. The van der Waals surface area contributed by atoms with Gasteiger partial charge in [-0.05, 0) is 67.9 Å². The molecular formula is C37H48N6O6. The third-order valence-corrected chi connectivity index (χ3v) is 9.28. The van der Waals surface area contributed by atoms with Crippen molar-refractivity contribution in [2.45, 2.75) is 25.7 Å². The monoisotopic (exact) mass is 672 g/mol. The number of anilines is 1. The topological polar surface area (TPSA) is 102 Å². The van der Waals surface area contributed by atoms with Crippen molar-refractivity contribution in [3.05, 3.63) is 71.8 Å². The normalized spacial score (nSPS) is 14.2. The molecule has 0 radical (unpaired) electrons. The van der Waals surface area contributed by atoms with Crippen LogP contribution in [0.4, 0.5) is 5.95 Å². The minimum Gasteiger partial charge on any atom is -0.497 e. The summed E-state index contributed by atoms with van der Waals surface area (Å²) in [6, 6.07) is 19.4. The fraction of sp³-hybridized carbons (Fsp3) is 0.432. The Hall–Kier alpha value is -4.97. The number of likely N-dealkylation sites (N-methyl/N-ethyl adjacent to an activating group) is 1. The Morgan fingerprint density at radius 1 is 0.857 bits per heavy atom. The van der Waals surface area contributed by atoms with Crippen molar-refractivity contribution in [2.75, 3.05) is 91.7 Å². The highest BCUT2D eigenvalue weighted by atomic mass is 16.5. The van der Waals surface area contributed by atoms with Gasteiger partial charge in [0.2, 0.25) is 17.6 Å². The lowest BCUT2D eigenvalue weighted by atomic mass is 9.94. The fourth-order valence-corrected chi connectivity index (χ4v) is 6.45. The van der Waals surface area contributed by atoms with E-state index in [4.69, 9.17) is 23.9 Å².